The number of nitrogens with zero attached hydrogens (tertiary/aromatic N) is 1. The summed E-state index contributed by atoms with van der Waals surface area (Å²) in [6.45, 7) is 6.12. The van der Waals surface area contributed by atoms with Crippen LogP contribution in [-0.4, -0.2) is 42.3 Å². The topological polar surface area (TPSA) is 27.3 Å². The Balaban J connectivity index is 1.26. The van der Waals surface area contributed by atoms with Crippen LogP contribution in [0.15, 0.2) is 0 Å². The van der Waals surface area contributed by atoms with Crippen molar-refractivity contribution in [2.24, 2.45) is 17.8 Å². The summed E-state index contributed by atoms with van der Waals surface area (Å²) >= 11 is 0. The Morgan fingerprint density at radius 2 is 1.70 bits per heavy atom. The van der Waals surface area contributed by atoms with E-state index in [1.807, 2.05) is 0 Å². The second-order valence-electron chi connectivity index (χ2n) is 10.9. The van der Waals surface area contributed by atoms with Gasteiger partial charge in [0.25, 0.3) is 0 Å². The summed E-state index contributed by atoms with van der Waals surface area (Å²) in [4.78, 5) is 2.83. The van der Waals surface area contributed by atoms with Crippen LogP contribution in [0.4, 0.5) is 0 Å². The SMILES string of the molecule is CC1CCCCCNC(NC2CCC(N(C)C34CCC(C3)C4)CC2)C(C)C1. The Morgan fingerprint density at radius 1 is 0.926 bits per heavy atom. The van der Waals surface area contributed by atoms with Gasteiger partial charge in [0.1, 0.15) is 0 Å². The minimum atomic E-state index is 0.519. The van der Waals surface area contributed by atoms with Gasteiger partial charge in [-0.2, -0.15) is 0 Å². The smallest absolute Gasteiger partial charge is 0.0600 e. The van der Waals surface area contributed by atoms with Crippen LogP contribution in [0.5, 0.6) is 0 Å². The average Bonchev–Trinajstić information content (AvgIpc) is 3.25. The Bertz CT molecular complexity index is 459. The molecule has 0 amide bonds. The van der Waals surface area contributed by atoms with Gasteiger partial charge in [-0.3, -0.25) is 10.2 Å². The van der Waals surface area contributed by atoms with E-state index in [0.29, 0.717) is 11.7 Å². The molecule has 5 fully saturated rings. The monoisotopic (exact) mass is 375 g/mol. The molecule has 0 aromatic rings. The highest BCUT2D eigenvalue weighted by Crippen LogP contribution is 2.56. The van der Waals surface area contributed by atoms with E-state index < -0.39 is 0 Å². The summed E-state index contributed by atoms with van der Waals surface area (Å²) in [5, 5.41) is 7.94. The molecule has 3 heteroatoms. The van der Waals surface area contributed by atoms with Crippen LogP contribution < -0.4 is 10.6 Å². The second kappa shape index (κ2) is 8.71. The Morgan fingerprint density at radius 3 is 2.41 bits per heavy atom. The van der Waals surface area contributed by atoms with E-state index in [2.05, 4.69) is 36.4 Å². The van der Waals surface area contributed by atoms with E-state index in [1.165, 1.54) is 90.0 Å². The van der Waals surface area contributed by atoms with Gasteiger partial charge in [-0.25, -0.2) is 0 Å². The quantitative estimate of drug-likeness (QED) is 0.731. The summed E-state index contributed by atoms with van der Waals surface area (Å²) < 4.78 is 0. The molecule has 1 heterocycles. The van der Waals surface area contributed by atoms with Crippen molar-refractivity contribution in [2.45, 2.75) is 121 Å². The molecule has 4 aliphatic carbocycles. The molecule has 0 aromatic carbocycles. The fourth-order valence-corrected chi connectivity index (χ4v) is 7.00. The summed E-state index contributed by atoms with van der Waals surface area (Å²) in [6, 6.07) is 1.57. The molecule has 1 aliphatic heterocycles. The van der Waals surface area contributed by atoms with Gasteiger partial charge in [-0.15, -0.1) is 0 Å². The van der Waals surface area contributed by atoms with Gasteiger partial charge < -0.3 is 5.32 Å². The maximum Gasteiger partial charge on any atom is 0.0600 e. The maximum atomic E-state index is 4.06. The molecule has 27 heavy (non-hydrogen) atoms. The molecule has 2 N–H and O–H groups in total. The van der Waals surface area contributed by atoms with Gasteiger partial charge in [0.05, 0.1) is 6.17 Å². The molecule has 156 valence electrons. The fraction of sp³-hybridized carbons (Fsp3) is 1.00. The van der Waals surface area contributed by atoms with Crippen LogP contribution in [0.1, 0.15) is 97.3 Å². The highest BCUT2D eigenvalue weighted by Gasteiger charge is 2.54. The van der Waals surface area contributed by atoms with E-state index in [0.717, 1.165) is 29.8 Å². The lowest BCUT2D eigenvalue weighted by Crippen LogP contribution is -2.57. The normalized spacial score (nSPS) is 46.2. The summed E-state index contributed by atoms with van der Waals surface area (Å²) in [5.41, 5.74) is 0.623. The number of fused-ring (bicyclic) bond motifs is 1. The third-order valence-corrected chi connectivity index (χ3v) is 8.84. The number of hydrogen-bond donors (Lipinski definition) is 2. The first-order chi connectivity index (χ1) is 13.1. The molecule has 2 bridgehead atoms. The van der Waals surface area contributed by atoms with Crippen molar-refractivity contribution in [3.8, 4) is 0 Å². The first kappa shape index (κ1) is 20.2. The zero-order chi connectivity index (χ0) is 18.9. The van der Waals surface area contributed by atoms with Crippen LogP contribution in [0.2, 0.25) is 0 Å². The summed E-state index contributed by atoms with van der Waals surface area (Å²) in [7, 11) is 2.45. The molecule has 5 rings (SSSR count). The number of rotatable bonds is 4. The van der Waals surface area contributed by atoms with E-state index in [9.17, 15) is 0 Å². The van der Waals surface area contributed by atoms with Crippen LogP contribution in [0, 0.1) is 17.8 Å². The van der Waals surface area contributed by atoms with Gasteiger partial charge in [0.2, 0.25) is 0 Å². The van der Waals surface area contributed by atoms with Crippen molar-refractivity contribution in [3.05, 3.63) is 0 Å². The van der Waals surface area contributed by atoms with Crippen LogP contribution in [0.3, 0.4) is 0 Å². The zero-order valence-electron chi connectivity index (χ0n) is 18.3. The van der Waals surface area contributed by atoms with Gasteiger partial charge in [0, 0.05) is 17.6 Å². The number of hydrogen-bond acceptors (Lipinski definition) is 3. The molecule has 3 nitrogen and oxygen atoms in total. The van der Waals surface area contributed by atoms with Gasteiger partial charge in [0.15, 0.2) is 0 Å². The van der Waals surface area contributed by atoms with Crippen molar-refractivity contribution < 1.29 is 0 Å². The lowest BCUT2D eigenvalue weighted by atomic mass is 9.74. The predicted octanol–water partition coefficient (Wildman–Crippen LogP) is 4.91. The molecule has 0 aromatic heterocycles. The highest BCUT2D eigenvalue weighted by atomic mass is 15.2. The average molecular weight is 376 g/mol. The van der Waals surface area contributed by atoms with E-state index >= 15 is 0 Å². The molecule has 4 saturated carbocycles. The van der Waals surface area contributed by atoms with Crippen LogP contribution >= 0.6 is 0 Å². The largest absolute Gasteiger partial charge is 0.302 e. The van der Waals surface area contributed by atoms with Gasteiger partial charge in [-0.05, 0) is 95.6 Å². The molecule has 1 saturated heterocycles. The fourth-order valence-electron chi connectivity index (χ4n) is 7.00. The van der Waals surface area contributed by atoms with Crippen molar-refractivity contribution in [1.29, 1.82) is 0 Å². The minimum Gasteiger partial charge on any atom is -0.302 e. The van der Waals surface area contributed by atoms with Gasteiger partial charge >= 0.3 is 0 Å². The van der Waals surface area contributed by atoms with Crippen LogP contribution in [-0.2, 0) is 0 Å². The standard InChI is InChI=1S/C24H45N3/c1-18-7-5-4-6-14-25-23(19(2)15-18)26-21-8-10-22(11-9-21)27(3)24-13-12-20(16-24)17-24/h18-23,25-26H,4-17H2,1-3H3. The predicted molar refractivity (Wildman–Crippen MR) is 115 cm³/mol. The third kappa shape index (κ3) is 4.56. The van der Waals surface area contributed by atoms with E-state index in [1.54, 1.807) is 0 Å². The molecule has 3 atom stereocenters. The Hall–Kier alpha value is -0.120. The van der Waals surface area contributed by atoms with Crippen LogP contribution in [0.25, 0.3) is 0 Å². The summed E-state index contributed by atoms with van der Waals surface area (Å²) in [6.07, 6.45) is 19.0. The van der Waals surface area contributed by atoms with Crippen molar-refractivity contribution in [1.82, 2.24) is 15.5 Å². The minimum absolute atomic E-state index is 0.519. The molecule has 5 aliphatic rings. The molecule has 0 radical (unpaired) electrons. The second-order valence-corrected chi connectivity index (χ2v) is 10.9. The van der Waals surface area contributed by atoms with Crippen molar-refractivity contribution in [3.63, 3.8) is 0 Å². The van der Waals surface area contributed by atoms with Crippen molar-refractivity contribution in [2.75, 3.05) is 13.6 Å². The van der Waals surface area contributed by atoms with E-state index in [4.69, 9.17) is 0 Å². The van der Waals surface area contributed by atoms with Gasteiger partial charge in [-0.1, -0.05) is 33.1 Å². The molecule has 3 unspecified atom stereocenters. The zero-order valence-corrected chi connectivity index (χ0v) is 18.3. The molecular weight excluding hydrogens is 330 g/mol. The summed E-state index contributed by atoms with van der Waals surface area (Å²) in [5.74, 6) is 2.70. The lowest BCUT2D eigenvalue weighted by Gasteiger charge is -2.51. The Kier molecular flexibility index (Phi) is 6.51. The third-order valence-electron chi connectivity index (χ3n) is 8.84. The highest BCUT2D eigenvalue weighted by molar-refractivity contribution is 5.09. The lowest BCUT2D eigenvalue weighted by molar-refractivity contribution is -0.00141. The molecular formula is C24H45N3. The van der Waals surface area contributed by atoms with E-state index in [-0.39, 0.29) is 0 Å². The first-order valence-electron chi connectivity index (χ1n) is 12.3. The first-order valence-corrected chi connectivity index (χ1v) is 12.3. The van der Waals surface area contributed by atoms with Crippen molar-refractivity contribution >= 4 is 0 Å². The Labute approximate surface area is 168 Å². The number of nitrogens with one attached hydrogen (secondary N) is 2. The molecule has 0 spiro atoms. The maximum absolute atomic E-state index is 4.06.